The van der Waals surface area contributed by atoms with E-state index < -0.39 is 6.10 Å². The van der Waals surface area contributed by atoms with E-state index in [0.29, 0.717) is 11.3 Å². The van der Waals surface area contributed by atoms with Crippen molar-refractivity contribution in [3.63, 3.8) is 0 Å². The minimum Gasteiger partial charge on any atom is -0.378 e. The molecule has 0 saturated carbocycles. The number of amides is 1. The number of carbonyl (C=O) groups excluding carboxylic acids is 1. The van der Waals surface area contributed by atoms with Gasteiger partial charge in [0, 0.05) is 29.4 Å². The van der Waals surface area contributed by atoms with Gasteiger partial charge >= 0.3 is 0 Å². The Kier molecular flexibility index (Phi) is 2.61. The number of anilines is 1. The lowest BCUT2D eigenvalue weighted by Crippen LogP contribution is -2.10. The zero-order valence-corrected chi connectivity index (χ0v) is 10.4. The van der Waals surface area contributed by atoms with Gasteiger partial charge in [0.1, 0.15) is 0 Å². The first-order valence-electron chi connectivity index (χ1n) is 5.43. The molecule has 2 heterocycles. The number of carbonyl (C=O) groups is 1. The van der Waals surface area contributed by atoms with Gasteiger partial charge in [0.05, 0.1) is 11.1 Å². The van der Waals surface area contributed by atoms with Crippen molar-refractivity contribution in [2.24, 2.45) is 7.05 Å². The number of rotatable bonds is 2. The quantitative estimate of drug-likeness (QED) is 0.861. The molecular weight excluding hydrogens is 250 g/mol. The topological polar surface area (TPSA) is 67.2 Å². The molecule has 1 aliphatic heterocycles. The summed E-state index contributed by atoms with van der Waals surface area (Å²) in [6.07, 6.45) is 2.66. The molecule has 1 atom stereocenters. The van der Waals surface area contributed by atoms with Crippen LogP contribution in [-0.2, 0) is 11.8 Å². The van der Waals surface area contributed by atoms with E-state index in [4.69, 9.17) is 0 Å². The molecule has 92 valence electrons. The third-order valence-electron chi connectivity index (χ3n) is 2.74. The number of nitrogens with zero attached hydrogens (tertiary/aromatic N) is 2. The van der Waals surface area contributed by atoms with E-state index in [1.165, 1.54) is 0 Å². The molecule has 0 spiro atoms. The molecule has 2 aromatic rings. The number of nitrogens with one attached hydrogen (secondary N) is 1. The monoisotopic (exact) mass is 261 g/mol. The molecule has 0 fully saturated rings. The zero-order valence-electron chi connectivity index (χ0n) is 9.62. The molecule has 0 radical (unpaired) electrons. The Morgan fingerprint density at radius 2 is 2.28 bits per heavy atom. The summed E-state index contributed by atoms with van der Waals surface area (Å²) >= 11 is 1.56. The lowest BCUT2D eigenvalue weighted by atomic mass is 10.1. The molecule has 5 nitrogen and oxygen atoms in total. The molecule has 0 aliphatic carbocycles. The van der Waals surface area contributed by atoms with Crippen molar-refractivity contribution in [3.8, 4) is 0 Å². The number of aliphatic hydroxyl groups excluding tert-OH is 1. The number of hydrogen-bond donors (Lipinski definition) is 2. The Balaban J connectivity index is 1.88. The number of aliphatic hydroxyl groups is 1. The first kappa shape index (κ1) is 11.3. The molecule has 1 unspecified atom stereocenters. The Hall–Kier alpha value is -1.79. The summed E-state index contributed by atoms with van der Waals surface area (Å²) in [5.74, 6) is -0.367. The van der Waals surface area contributed by atoms with Gasteiger partial charge in [0.2, 0.25) is 0 Å². The van der Waals surface area contributed by atoms with E-state index >= 15 is 0 Å². The molecule has 1 aromatic carbocycles. The summed E-state index contributed by atoms with van der Waals surface area (Å²) in [5, 5.41) is 16.4. The lowest BCUT2D eigenvalue weighted by molar-refractivity contribution is -0.123. The maximum absolute atomic E-state index is 11.3. The number of fused-ring (bicyclic) bond motifs is 1. The van der Waals surface area contributed by atoms with Crippen molar-refractivity contribution in [2.75, 3.05) is 5.32 Å². The van der Waals surface area contributed by atoms with E-state index in [-0.39, 0.29) is 5.91 Å². The van der Waals surface area contributed by atoms with Gasteiger partial charge < -0.3 is 10.4 Å². The van der Waals surface area contributed by atoms with Crippen LogP contribution in [0.25, 0.3) is 0 Å². The highest BCUT2D eigenvalue weighted by molar-refractivity contribution is 7.99. The van der Waals surface area contributed by atoms with Gasteiger partial charge in [-0.15, -0.1) is 0 Å². The number of hydrogen-bond acceptors (Lipinski definition) is 4. The molecule has 0 bridgehead atoms. The molecule has 18 heavy (non-hydrogen) atoms. The van der Waals surface area contributed by atoms with E-state index in [1.54, 1.807) is 28.7 Å². The van der Waals surface area contributed by atoms with Crippen molar-refractivity contribution < 1.29 is 9.90 Å². The fraction of sp³-hybridized carbons (Fsp3) is 0.167. The van der Waals surface area contributed by atoms with Crippen LogP contribution in [0.2, 0.25) is 0 Å². The SMILES string of the molecule is Cn1cc(Sc2ccc3c(c2)NC(=O)C3O)cn1. The Morgan fingerprint density at radius 1 is 1.44 bits per heavy atom. The Labute approximate surface area is 108 Å². The first-order valence-corrected chi connectivity index (χ1v) is 6.24. The minimum atomic E-state index is -1.04. The van der Waals surface area contributed by atoms with Gasteiger partial charge in [-0.25, -0.2) is 0 Å². The predicted molar refractivity (Wildman–Crippen MR) is 67.4 cm³/mol. The van der Waals surface area contributed by atoms with Crippen LogP contribution in [0.4, 0.5) is 5.69 Å². The molecule has 1 aromatic heterocycles. The summed E-state index contributed by atoms with van der Waals surface area (Å²) in [7, 11) is 1.86. The van der Waals surface area contributed by atoms with Crippen LogP contribution in [0, 0.1) is 0 Å². The molecular formula is C12H11N3O2S. The van der Waals surface area contributed by atoms with Gasteiger partial charge in [-0.1, -0.05) is 17.8 Å². The van der Waals surface area contributed by atoms with Crippen LogP contribution in [0.3, 0.4) is 0 Å². The molecule has 3 rings (SSSR count). The highest BCUT2D eigenvalue weighted by Gasteiger charge is 2.28. The molecule has 2 N–H and O–H groups in total. The van der Waals surface area contributed by atoms with Crippen LogP contribution in [0.15, 0.2) is 40.4 Å². The second kappa shape index (κ2) is 4.15. The van der Waals surface area contributed by atoms with Gasteiger partial charge in [-0.2, -0.15) is 5.10 Å². The van der Waals surface area contributed by atoms with Gasteiger partial charge in [-0.3, -0.25) is 9.48 Å². The van der Waals surface area contributed by atoms with E-state index in [2.05, 4.69) is 10.4 Å². The van der Waals surface area contributed by atoms with E-state index in [0.717, 1.165) is 9.79 Å². The molecule has 1 amide bonds. The summed E-state index contributed by atoms with van der Waals surface area (Å²) in [5.41, 5.74) is 1.32. The van der Waals surface area contributed by atoms with Crippen molar-refractivity contribution in [2.45, 2.75) is 15.9 Å². The predicted octanol–water partition coefficient (Wildman–Crippen LogP) is 1.56. The van der Waals surface area contributed by atoms with Gasteiger partial charge in [0.15, 0.2) is 6.10 Å². The Morgan fingerprint density at radius 3 is 3.00 bits per heavy atom. The Bertz CT molecular complexity index is 624. The lowest BCUT2D eigenvalue weighted by Gasteiger charge is -2.03. The van der Waals surface area contributed by atoms with Crippen molar-refractivity contribution in [1.29, 1.82) is 0 Å². The third kappa shape index (κ3) is 1.89. The second-order valence-corrected chi connectivity index (χ2v) is 5.24. The largest absolute Gasteiger partial charge is 0.378 e. The third-order valence-corrected chi connectivity index (χ3v) is 3.68. The van der Waals surface area contributed by atoms with Gasteiger partial charge in [-0.05, 0) is 12.1 Å². The molecule has 1 aliphatic rings. The summed E-state index contributed by atoms with van der Waals surface area (Å²) in [6.45, 7) is 0. The summed E-state index contributed by atoms with van der Waals surface area (Å²) in [6, 6.07) is 5.53. The number of benzene rings is 1. The highest BCUT2D eigenvalue weighted by Crippen LogP contribution is 2.36. The van der Waals surface area contributed by atoms with Crippen LogP contribution < -0.4 is 5.32 Å². The van der Waals surface area contributed by atoms with Crippen molar-refractivity contribution in [3.05, 3.63) is 36.2 Å². The summed E-state index contributed by atoms with van der Waals surface area (Å²) in [4.78, 5) is 13.3. The maximum Gasteiger partial charge on any atom is 0.257 e. The average molecular weight is 261 g/mol. The van der Waals surface area contributed by atoms with Crippen LogP contribution >= 0.6 is 11.8 Å². The standard InChI is InChI=1S/C12H11N3O2S/c1-15-6-8(5-13-15)18-7-2-3-9-10(4-7)14-12(17)11(9)16/h2-6,11,16H,1H3,(H,14,17). The fourth-order valence-electron chi connectivity index (χ4n) is 1.88. The fourth-order valence-corrected chi connectivity index (χ4v) is 2.77. The first-order chi connectivity index (χ1) is 8.63. The van der Waals surface area contributed by atoms with Crippen molar-refractivity contribution in [1.82, 2.24) is 9.78 Å². The van der Waals surface area contributed by atoms with Crippen LogP contribution in [0.5, 0.6) is 0 Å². The average Bonchev–Trinajstić information content (AvgIpc) is 2.85. The highest BCUT2D eigenvalue weighted by atomic mass is 32.2. The second-order valence-electron chi connectivity index (χ2n) is 4.09. The molecule has 6 heteroatoms. The smallest absolute Gasteiger partial charge is 0.257 e. The summed E-state index contributed by atoms with van der Waals surface area (Å²) < 4.78 is 1.74. The van der Waals surface area contributed by atoms with Crippen LogP contribution in [0.1, 0.15) is 11.7 Å². The van der Waals surface area contributed by atoms with E-state index in [1.807, 2.05) is 25.4 Å². The zero-order chi connectivity index (χ0) is 12.7. The van der Waals surface area contributed by atoms with Gasteiger partial charge in [0.25, 0.3) is 5.91 Å². The molecule has 0 saturated heterocycles. The minimum absolute atomic E-state index is 0.367. The number of aryl methyl sites for hydroxylation is 1. The normalized spacial score (nSPS) is 17.7. The maximum atomic E-state index is 11.3. The van der Waals surface area contributed by atoms with E-state index in [9.17, 15) is 9.90 Å². The number of aromatic nitrogens is 2. The van der Waals surface area contributed by atoms with Crippen molar-refractivity contribution >= 4 is 23.4 Å². The van der Waals surface area contributed by atoms with Crippen LogP contribution in [-0.4, -0.2) is 20.8 Å².